The summed E-state index contributed by atoms with van der Waals surface area (Å²) in [6.45, 7) is 3.19. The fourth-order valence-corrected chi connectivity index (χ4v) is 7.35. The van der Waals surface area contributed by atoms with Crippen LogP contribution < -0.4 is 0 Å². The molecule has 0 radical (unpaired) electrons. The number of benzene rings is 1. The van der Waals surface area contributed by atoms with Crippen LogP contribution in [0.1, 0.15) is 24.2 Å². The molecular weight excluding hydrogens is 464 g/mol. The van der Waals surface area contributed by atoms with Gasteiger partial charge in [0.25, 0.3) is 0 Å². The molecule has 11 nitrogen and oxygen atoms in total. The van der Waals surface area contributed by atoms with E-state index in [1.807, 2.05) is 0 Å². The number of thioether (sulfide) groups is 1. The predicted octanol–water partition coefficient (Wildman–Crippen LogP) is -0.0805. The van der Waals surface area contributed by atoms with E-state index >= 15 is 0 Å². The molecule has 5 atom stereocenters. The molecule has 0 aromatic heterocycles. The number of amides is 1. The number of ether oxygens (including phenoxy) is 3. The lowest BCUT2D eigenvalue weighted by Gasteiger charge is -2.43. The summed E-state index contributed by atoms with van der Waals surface area (Å²) in [4.78, 5) is 51.1. The maximum Gasteiger partial charge on any atom is 0.349 e. The number of carbonyl (C=O) groups is 4. The third kappa shape index (κ3) is 3.49. The topological polar surface area (TPSA) is 136 Å². The van der Waals surface area contributed by atoms with Crippen molar-refractivity contribution in [2.45, 2.75) is 41.4 Å². The summed E-state index contributed by atoms with van der Waals surface area (Å²) in [5.41, 5.74) is 0.0851. The minimum Gasteiger partial charge on any atom is -0.437 e. The molecule has 1 aromatic rings. The van der Waals surface area contributed by atoms with Crippen LogP contribution in [0, 0.1) is 0 Å². The lowest BCUT2D eigenvalue weighted by molar-refractivity contribution is -0.171. The lowest BCUT2D eigenvalue weighted by Crippen LogP contribution is -2.68. The molecule has 1 amide bonds. The van der Waals surface area contributed by atoms with Crippen molar-refractivity contribution in [3.63, 3.8) is 0 Å². The van der Waals surface area contributed by atoms with E-state index in [-0.39, 0.29) is 12.4 Å². The van der Waals surface area contributed by atoms with Crippen molar-refractivity contribution >= 4 is 45.6 Å². The van der Waals surface area contributed by atoms with E-state index in [4.69, 9.17) is 14.2 Å². The van der Waals surface area contributed by atoms with Gasteiger partial charge in [0.05, 0.1) is 5.56 Å². The van der Waals surface area contributed by atoms with E-state index in [2.05, 4.69) is 0 Å². The Balaban J connectivity index is 1.48. The number of esters is 3. The van der Waals surface area contributed by atoms with Crippen LogP contribution in [0.4, 0.5) is 0 Å². The molecule has 32 heavy (non-hydrogen) atoms. The van der Waals surface area contributed by atoms with Gasteiger partial charge in [0.1, 0.15) is 17.5 Å². The summed E-state index contributed by atoms with van der Waals surface area (Å²) in [5.74, 6) is -3.56. The number of rotatable bonds is 6. The van der Waals surface area contributed by atoms with Gasteiger partial charge < -0.3 is 19.1 Å². The summed E-state index contributed by atoms with van der Waals surface area (Å²) in [6, 6.07) is 5.52. The maximum atomic E-state index is 12.8. The second-order valence-electron chi connectivity index (χ2n) is 7.88. The number of hydrogen-bond acceptors (Lipinski definition) is 10. The average Bonchev–Trinajstić information content (AvgIpc) is 3.19. The molecule has 3 saturated heterocycles. The zero-order chi connectivity index (χ0) is 23.4. The minimum absolute atomic E-state index is 0.0851. The number of sulfonamides is 1. The van der Waals surface area contributed by atoms with Gasteiger partial charge in [-0.05, 0) is 26.0 Å². The van der Waals surface area contributed by atoms with Gasteiger partial charge in [0.15, 0.2) is 6.79 Å². The van der Waals surface area contributed by atoms with E-state index in [0.717, 1.165) is 4.31 Å². The highest BCUT2D eigenvalue weighted by Crippen LogP contribution is 2.55. The Kier molecular flexibility index (Phi) is 5.56. The lowest BCUT2D eigenvalue weighted by atomic mass is 9.96. The van der Waals surface area contributed by atoms with E-state index in [0.29, 0.717) is 0 Å². The smallest absolute Gasteiger partial charge is 0.349 e. The van der Waals surface area contributed by atoms with E-state index in [1.165, 1.54) is 35.9 Å². The highest BCUT2D eigenvalue weighted by molar-refractivity contribution is 8.02. The van der Waals surface area contributed by atoms with Gasteiger partial charge in [-0.25, -0.2) is 22.8 Å². The predicted molar refractivity (Wildman–Crippen MR) is 109 cm³/mol. The molecule has 3 aliphatic heterocycles. The van der Waals surface area contributed by atoms with Crippen molar-refractivity contribution in [3.8, 4) is 0 Å². The van der Waals surface area contributed by atoms with Crippen LogP contribution in [0.25, 0.3) is 0 Å². The van der Waals surface area contributed by atoms with Gasteiger partial charge in [-0.3, -0.25) is 4.79 Å². The molecular formula is C19H20N2O9S2. The Morgan fingerprint density at radius 2 is 1.78 bits per heavy atom. The van der Waals surface area contributed by atoms with Crippen LogP contribution in [0.2, 0.25) is 0 Å². The van der Waals surface area contributed by atoms with Gasteiger partial charge in [-0.1, -0.05) is 18.2 Å². The van der Waals surface area contributed by atoms with Crippen LogP contribution in [-0.2, 0) is 38.6 Å². The SMILES string of the molecule is COCOC(=O)[C@@H]1N2C(=O)[C@@H](N3C(C(=O)OC(=O)c4ccccc4)S3(=O)=O)[C@H]2SC1(C)C. The highest BCUT2D eigenvalue weighted by Gasteiger charge is 2.75. The molecule has 3 aliphatic rings. The van der Waals surface area contributed by atoms with Crippen molar-refractivity contribution in [1.82, 2.24) is 9.21 Å². The zero-order valence-electron chi connectivity index (χ0n) is 17.3. The Morgan fingerprint density at radius 3 is 2.41 bits per heavy atom. The number of methoxy groups -OCH3 is 1. The number of hydrogen-bond donors (Lipinski definition) is 0. The van der Waals surface area contributed by atoms with Crippen molar-refractivity contribution in [1.29, 1.82) is 0 Å². The first kappa shape index (κ1) is 22.7. The van der Waals surface area contributed by atoms with Gasteiger partial charge in [-0.2, -0.15) is 4.31 Å². The van der Waals surface area contributed by atoms with Crippen LogP contribution >= 0.6 is 11.8 Å². The Labute approximate surface area is 188 Å². The van der Waals surface area contributed by atoms with Crippen LogP contribution in [-0.4, -0.2) is 82.9 Å². The van der Waals surface area contributed by atoms with Crippen LogP contribution in [0.15, 0.2) is 30.3 Å². The summed E-state index contributed by atoms with van der Waals surface area (Å²) >= 11 is 1.23. The first-order valence-electron chi connectivity index (χ1n) is 9.51. The van der Waals surface area contributed by atoms with Crippen molar-refractivity contribution < 1.29 is 41.8 Å². The molecule has 4 rings (SSSR count). The molecule has 0 N–H and O–H groups in total. The summed E-state index contributed by atoms with van der Waals surface area (Å²) in [6.07, 6.45) is 0. The highest BCUT2D eigenvalue weighted by atomic mass is 32.2. The second kappa shape index (κ2) is 7.83. The molecule has 172 valence electrons. The van der Waals surface area contributed by atoms with Gasteiger partial charge in [0.2, 0.25) is 21.3 Å². The minimum atomic E-state index is -4.14. The van der Waals surface area contributed by atoms with Crippen molar-refractivity contribution in [3.05, 3.63) is 35.9 Å². The number of β-lactam (4-membered cyclic amide) rings is 1. The van der Waals surface area contributed by atoms with E-state index in [9.17, 15) is 27.6 Å². The standard InChI is InChI=1S/C19H20N2O9S2/c1-19(2)12(17(24)29-9-28-3)20-13(22)11(14(20)31-19)21-15(32(21,26)27)18(25)30-16(23)10-7-5-4-6-8-10/h4-8,11-12,14-15H,9H2,1-3H3/t11-,12+,14-,15?,21?/m1/s1. The second-order valence-corrected chi connectivity index (χ2v) is 11.5. The molecule has 3 heterocycles. The normalized spacial score (nSPS) is 31.3. The number of nitrogens with zero attached hydrogens (tertiary/aromatic N) is 2. The van der Waals surface area contributed by atoms with Crippen molar-refractivity contribution in [2.75, 3.05) is 13.9 Å². The van der Waals surface area contributed by atoms with E-state index < -0.39 is 61.4 Å². The summed E-state index contributed by atoms with van der Waals surface area (Å²) in [7, 11) is -2.79. The van der Waals surface area contributed by atoms with Crippen LogP contribution in [0.5, 0.6) is 0 Å². The fourth-order valence-electron chi connectivity index (χ4n) is 3.92. The molecule has 0 saturated carbocycles. The van der Waals surface area contributed by atoms with Gasteiger partial charge in [-0.15, -0.1) is 11.8 Å². The van der Waals surface area contributed by atoms with Crippen LogP contribution in [0.3, 0.4) is 0 Å². The quantitative estimate of drug-likeness (QED) is 0.177. The maximum absolute atomic E-state index is 12.8. The monoisotopic (exact) mass is 484 g/mol. The fraction of sp³-hybridized carbons (Fsp3) is 0.474. The molecule has 3 fully saturated rings. The largest absolute Gasteiger partial charge is 0.437 e. The third-order valence-corrected chi connectivity index (χ3v) is 8.75. The Hall–Kier alpha value is -2.48. The first-order chi connectivity index (χ1) is 15.0. The average molecular weight is 485 g/mol. The van der Waals surface area contributed by atoms with Gasteiger partial charge >= 0.3 is 17.9 Å². The third-order valence-electron chi connectivity index (χ3n) is 5.40. The van der Waals surface area contributed by atoms with E-state index in [1.54, 1.807) is 32.0 Å². The molecule has 1 aromatic carbocycles. The first-order valence-corrected chi connectivity index (χ1v) is 11.9. The molecule has 0 spiro atoms. The van der Waals surface area contributed by atoms with Crippen molar-refractivity contribution in [2.24, 2.45) is 0 Å². The number of carbonyl (C=O) groups excluding carboxylic acids is 4. The van der Waals surface area contributed by atoms with Gasteiger partial charge in [0, 0.05) is 11.9 Å². The molecule has 13 heteroatoms. The Morgan fingerprint density at radius 1 is 1.12 bits per heavy atom. The molecule has 2 unspecified atom stereocenters. The summed E-state index contributed by atoms with van der Waals surface area (Å²) < 4.78 is 39.4. The molecule has 0 bridgehead atoms. The zero-order valence-corrected chi connectivity index (χ0v) is 18.9. The summed E-state index contributed by atoms with van der Waals surface area (Å²) in [5, 5.41) is -2.44. The number of fused-ring (bicyclic) bond motifs is 1. The molecule has 0 aliphatic carbocycles. The Bertz CT molecular complexity index is 1090.